The van der Waals surface area contributed by atoms with Crippen LogP contribution in [-0.4, -0.2) is 34.0 Å². The molecule has 1 unspecified atom stereocenters. The van der Waals surface area contributed by atoms with Crippen molar-refractivity contribution in [2.75, 3.05) is 0 Å². The molecule has 1 aliphatic rings. The van der Waals surface area contributed by atoms with E-state index in [-0.39, 0.29) is 24.3 Å². The van der Waals surface area contributed by atoms with Gasteiger partial charge in [-0.15, -0.1) is 0 Å². The van der Waals surface area contributed by atoms with E-state index >= 15 is 0 Å². The lowest BCUT2D eigenvalue weighted by Crippen LogP contribution is -2.41. The van der Waals surface area contributed by atoms with Crippen LogP contribution in [0.3, 0.4) is 0 Å². The van der Waals surface area contributed by atoms with Crippen molar-refractivity contribution in [3.05, 3.63) is 17.5 Å². The maximum atomic E-state index is 12.0. The Morgan fingerprint density at radius 3 is 2.78 bits per heavy atom. The average molecular weight is 251 g/mol. The molecule has 2 heterocycles. The van der Waals surface area contributed by atoms with Crippen molar-refractivity contribution in [3.63, 3.8) is 0 Å². The zero-order valence-corrected chi connectivity index (χ0v) is 10.8. The minimum atomic E-state index is -0.447. The third kappa shape index (κ3) is 2.43. The van der Waals surface area contributed by atoms with Crippen molar-refractivity contribution in [3.8, 4) is 0 Å². The summed E-state index contributed by atoms with van der Waals surface area (Å²) in [7, 11) is 0. The number of hydrogen-bond donors (Lipinski definition) is 1. The summed E-state index contributed by atoms with van der Waals surface area (Å²) in [5, 5.41) is 6.87. The van der Waals surface area contributed by atoms with Crippen LogP contribution in [0.4, 0.5) is 0 Å². The molecule has 1 saturated heterocycles. The number of imide groups is 1. The number of hydrogen-bond acceptors (Lipinski definition) is 5. The van der Waals surface area contributed by atoms with E-state index in [1.807, 2.05) is 13.8 Å². The Morgan fingerprint density at radius 2 is 2.28 bits per heavy atom. The van der Waals surface area contributed by atoms with Gasteiger partial charge in [-0.3, -0.25) is 19.8 Å². The SMILES string of the molecule is Cc1cc(CNC2CC(=O)N(C(C)C)C2=O)no1. The van der Waals surface area contributed by atoms with Gasteiger partial charge >= 0.3 is 0 Å². The van der Waals surface area contributed by atoms with E-state index in [0.29, 0.717) is 6.54 Å². The van der Waals surface area contributed by atoms with Gasteiger partial charge in [0, 0.05) is 18.7 Å². The van der Waals surface area contributed by atoms with Crippen LogP contribution in [0.1, 0.15) is 31.7 Å². The Labute approximate surface area is 105 Å². The van der Waals surface area contributed by atoms with Gasteiger partial charge in [-0.05, 0) is 20.8 Å². The van der Waals surface area contributed by atoms with Gasteiger partial charge in [0.15, 0.2) is 0 Å². The van der Waals surface area contributed by atoms with Crippen LogP contribution in [0.25, 0.3) is 0 Å². The maximum Gasteiger partial charge on any atom is 0.247 e. The first-order chi connectivity index (χ1) is 8.49. The summed E-state index contributed by atoms with van der Waals surface area (Å²) in [5.74, 6) is 0.448. The van der Waals surface area contributed by atoms with E-state index in [4.69, 9.17) is 4.52 Å². The van der Waals surface area contributed by atoms with Crippen LogP contribution in [0.15, 0.2) is 10.6 Å². The molecule has 2 rings (SSSR count). The van der Waals surface area contributed by atoms with E-state index in [9.17, 15) is 9.59 Å². The first-order valence-electron chi connectivity index (χ1n) is 6.00. The Kier molecular flexibility index (Phi) is 3.47. The van der Waals surface area contributed by atoms with Gasteiger partial charge < -0.3 is 4.52 Å². The third-order valence-corrected chi connectivity index (χ3v) is 2.91. The van der Waals surface area contributed by atoms with Crippen LogP contribution < -0.4 is 5.32 Å². The monoisotopic (exact) mass is 251 g/mol. The summed E-state index contributed by atoms with van der Waals surface area (Å²) < 4.78 is 4.93. The fourth-order valence-corrected chi connectivity index (χ4v) is 2.08. The molecular weight excluding hydrogens is 234 g/mol. The minimum absolute atomic E-state index is 0.0916. The van der Waals surface area contributed by atoms with Crippen LogP contribution in [0, 0.1) is 6.92 Å². The lowest BCUT2D eigenvalue weighted by Gasteiger charge is -2.19. The number of nitrogens with one attached hydrogen (secondary N) is 1. The van der Waals surface area contributed by atoms with E-state index in [1.54, 1.807) is 13.0 Å². The Hall–Kier alpha value is -1.69. The smallest absolute Gasteiger partial charge is 0.247 e. The molecular formula is C12H17N3O3. The van der Waals surface area contributed by atoms with Crippen LogP contribution >= 0.6 is 0 Å². The lowest BCUT2D eigenvalue weighted by atomic mass is 10.2. The molecule has 0 aliphatic carbocycles. The highest BCUT2D eigenvalue weighted by Crippen LogP contribution is 2.16. The van der Waals surface area contributed by atoms with Crippen LogP contribution in [0.2, 0.25) is 0 Å². The summed E-state index contributed by atoms with van der Waals surface area (Å²) in [6, 6.07) is 1.26. The summed E-state index contributed by atoms with van der Waals surface area (Å²) in [5.41, 5.74) is 0.732. The summed E-state index contributed by atoms with van der Waals surface area (Å²) >= 11 is 0. The first-order valence-corrected chi connectivity index (χ1v) is 6.00. The van der Waals surface area contributed by atoms with Crippen LogP contribution in [-0.2, 0) is 16.1 Å². The predicted molar refractivity (Wildman–Crippen MR) is 63.5 cm³/mol. The molecule has 1 atom stereocenters. The summed E-state index contributed by atoms with van der Waals surface area (Å²) in [6.45, 7) is 5.90. The van der Waals surface area contributed by atoms with Gasteiger partial charge in [-0.25, -0.2) is 0 Å². The molecule has 2 amide bonds. The predicted octanol–water partition coefficient (Wildman–Crippen LogP) is 0.609. The van der Waals surface area contributed by atoms with Crippen molar-refractivity contribution in [2.45, 2.75) is 45.8 Å². The van der Waals surface area contributed by atoms with Crippen LogP contribution in [0.5, 0.6) is 0 Å². The Bertz CT molecular complexity index is 467. The first kappa shape index (κ1) is 12.8. The maximum absolute atomic E-state index is 12.0. The number of amides is 2. The van der Waals surface area contributed by atoms with Gasteiger partial charge in [0.25, 0.3) is 0 Å². The average Bonchev–Trinajstić information content (AvgIpc) is 2.80. The molecule has 0 bridgehead atoms. The number of carbonyl (C=O) groups is 2. The molecule has 0 radical (unpaired) electrons. The molecule has 1 fully saturated rings. The van der Waals surface area contributed by atoms with Gasteiger partial charge in [-0.1, -0.05) is 5.16 Å². The highest BCUT2D eigenvalue weighted by molar-refractivity contribution is 6.05. The molecule has 1 aliphatic heterocycles. The molecule has 0 spiro atoms. The third-order valence-electron chi connectivity index (χ3n) is 2.91. The van der Waals surface area contributed by atoms with Crippen molar-refractivity contribution in [2.24, 2.45) is 0 Å². The van der Waals surface area contributed by atoms with E-state index in [2.05, 4.69) is 10.5 Å². The molecule has 1 aromatic rings. The second kappa shape index (κ2) is 4.89. The number of carbonyl (C=O) groups excluding carboxylic acids is 2. The number of likely N-dealkylation sites (tertiary alicyclic amines) is 1. The molecule has 6 nitrogen and oxygen atoms in total. The number of aryl methyl sites for hydroxylation is 1. The van der Waals surface area contributed by atoms with Crippen molar-refractivity contribution >= 4 is 11.8 Å². The van der Waals surface area contributed by atoms with Gasteiger partial charge in [0.1, 0.15) is 5.76 Å². The van der Waals surface area contributed by atoms with Gasteiger partial charge in [-0.2, -0.15) is 0 Å². The molecule has 18 heavy (non-hydrogen) atoms. The largest absolute Gasteiger partial charge is 0.361 e. The number of nitrogens with zero attached hydrogens (tertiary/aromatic N) is 2. The minimum Gasteiger partial charge on any atom is -0.361 e. The molecule has 0 saturated carbocycles. The van der Waals surface area contributed by atoms with Crippen molar-refractivity contribution in [1.29, 1.82) is 0 Å². The van der Waals surface area contributed by atoms with Gasteiger partial charge in [0.05, 0.1) is 18.2 Å². The summed E-state index contributed by atoms with van der Waals surface area (Å²) in [4.78, 5) is 25.0. The zero-order chi connectivity index (χ0) is 13.3. The fourth-order valence-electron chi connectivity index (χ4n) is 2.08. The Balaban J connectivity index is 1.95. The van der Waals surface area contributed by atoms with E-state index in [0.717, 1.165) is 11.5 Å². The van der Waals surface area contributed by atoms with Crippen molar-refractivity contribution < 1.29 is 14.1 Å². The topological polar surface area (TPSA) is 75.4 Å². The molecule has 98 valence electrons. The van der Waals surface area contributed by atoms with Crippen molar-refractivity contribution in [1.82, 2.24) is 15.4 Å². The normalized spacial score (nSPS) is 20.2. The molecule has 1 aromatic heterocycles. The fraction of sp³-hybridized carbons (Fsp3) is 0.583. The second-order valence-corrected chi connectivity index (χ2v) is 4.76. The Morgan fingerprint density at radius 1 is 1.56 bits per heavy atom. The second-order valence-electron chi connectivity index (χ2n) is 4.76. The highest BCUT2D eigenvalue weighted by atomic mass is 16.5. The number of aromatic nitrogens is 1. The quantitative estimate of drug-likeness (QED) is 0.793. The van der Waals surface area contributed by atoms with E-state index < -0.39 is 6.04 Å². The number of rotatable bonds is 4. The molecule has 0 aromatic carbocycles. The zero-order valence-electron chi connectivity index (χ0n) is 10.8. The molecule has 6 heteroatoms. The molecule has 1 N–H and O–H groups in total. The summed E-state index contributed by atoms with van der Waals surface area (Å²) in [6.07, 6.45) is 0.216. The standard InChI is InChI=1S/C12H17N3O3/c1-7(2)15-11(16)5-10(12(15)17)13-6-9-4-8(3)18-14-9/h4,7,10,13H,5-6H2,1-3H3. The van der Waals surface area contributed by atoms with E-state index in [1.165, 1.54) is 4.90 Å². The van der Waals surface area contributed by atoms with Gasteiger partial charge in [0.2, 0.25) is 11.8 Å². The highest BCUT2D eigenvalue weighted by Gasteiger charge is 2.39. The lowest BCUT2D eigenvalue weighted by molar-refractivity contribution is -0.140.